The standard InChI is InChI=1S/C15H15F2NO5/c1-2-3-10(19)7(15(22)23)6-18-13(20)11-8(16)4-5-9(17)12(11)14(18)21/h4-5,7,10,19H,2-3,6H2,1H3,(H,22,23)/t7-,10+/m0/s1. The fourth-order valence-corrected chi connectivity index (χ4v) is 2.56. The number of nitrogens with zero attached hydrogens (tertiary/aromatic N) is 1. The Morgan fingerprint density at radius 1 is 1.17 bits per heavy atom. The molecule has 1 aromatic rings. The van der Waals surface area contributed by atoms with E-state index in [2.05, 4.69) is 0 Å². The third-order valence-electron chi connectivity index (χ3n) is 3.77. The number of rotatable bonds is 6. The lowest BCUT2D eigenvalue weighted by Gasteiger charge is -2.23. The highest BCUT2D eigenvalue weighted by Crippen LogP contribution is 2.29. The van der Waals surface area contributed by atoms with Gasteiger partial charge in [-0.2, -0.15) is 0 Å². The summed E-state index contributed by atoms with van der Waals surface area (Å²) in [7, 11) is 0. The van der Waals surface area contributed by atoms with Gasteiger partial charge in [-0.25, -0.2) is 8.78 Å². The number of amides is 2. The van der Waals surface area contributed by atoms with Crippen LogP contribution in [0, 0.1) is 17.6 Å². The van der Waals surface area contributed by atoms with Crippen molar-refractivity contribution < 1.29 is 33.4 Å². The third kappa shape index (κ3) is 2.94. The van der Waals surface area contributed by atoms with Gasteiger partial charge in [0.2, 0.25) is 0 Å². The van der Waals surface area contributed by atoms with Gasteiger partial charge in [0.15, 0.2) is 0 Å². The predicted molar refractivity (Wildman–Crippen MR) is 73.8 cm³/mol. The number of imide groups is 1. The van der Waals surface area contributed by atoms with E-state index in [1.807, 2.05) is 0 Å². The van der Waals surface area contributed by atoms with Gasteiger partial charge in [0, 0.05) is 6.54 Å². The number of aliphatic hydroxyl groups excluding tert-OH is 1. The highest BCUT2D eigenvalue weighted by molar-refractivity contribution is 6.21. The van der Waals surface area contributed by atoms with Crippen LogP contribution < -0.4 is 0 Å². The molecule has 23 heavy (non-hydrogen) atoms. The number of hydrogen-bond donors (Lipinski definition) is 2. The van der Waals surface area contributed by atoms with Gasteiger partial charge in [0.1, 0.15) is 17.6 Å². The molecule has 6 nitrogen and oxygen atoms in total. The molecule has 1 aliphatic rings. The summed E-state index contributed by atoms with van der Waals surface area (Å²) >= 11 is 0. The van der Waals surface area contributed by atoms with Crippen LogP contribution in [0.3, 0.4) is 0 Å². The van der Waals surface area contributed by atoms with Crippen molar-refractivity contribution in [2.75, 3.05) is 6.54 Å². The van der Waals surface area contributed by atoms with Gasteiger partial charge in [-0.1, -0.05) is 13.3 Å². The van der Waals surface area contributed by atoms with Crippen LogP contribution in [0.2, 0.25) is 0 Å². The average Bonchev–Trinajstić information content (AvgIpc) is 2.73. The second-order valence-electron chi connectivity index (χ2n) is 5.30. The molecule has 0 unspecified atom stereocenters. The Hall–Kier alpha value is -2.35. The molecule has 0 radical (unpaired) electrons. The van der Waals surface area contributed by atoms with Crippen molar-refractivity contribution in [1.29, 1.82) is 0 Å². The summed E-state index contributed by atoms with van der Waals surface area (Å²) in [5, 5.41) is 19.0. The molecule has 1 heterocycles. The van der Waals surface area contributed by atoms with Crippen molar-refractivity contribution in [1.82, 2.24) is 4.90 Å². The van der Waals surface area contributed by atoms with E-state index < -0.39 is 59.1 Å². The van der Waals surface area contributed by atoms with Crippen LogP contribution in [-0.2, 0) is 4.79 Å². The first-order chi connectivity index (χ1) is 10.8. The first-order valence-corrected chi connectivity index (χ1v) is 7.04. The molecule has 2 N–H and O–H groups in total. The maximum atomic E-state index is 13.7. The topological polar surface area (TPSA) is 94.9 Å². The van der Waals surface area contributed by atoms with Crippen LogP contribution in [0.1, 0.15) is 40.5 Å². The molecule has 2 rings (SSSR count). The van der Waals surface area contributed by atoms with E-state index >= 15 is 0 Å². The SMILES string of the molecule is CCC[C@@H](O)[C@H](CN1C(=O)c2c(F)ccc(F)c2C1=O)C(=O)O. The van der Waals surface area contributed by atoms with E-state index in [1.165, 1.54) is 0 Å². The van der Waals surface area contributed by atoms with Crippen LogP contribution in [0.25, 0.3) is 0 Å². The Kier molecular flexibility index (Phi) is 4.74. The van der Waals surface area contributed by atoms with E-state index in [4.69, 9.17) is 0 Å². The Labute approximate surface area is 130 Å². The molecule has 0 saturated carbocycles. The lowest BCUT2D eigenvalue weighted by atomic mass is 9.98. The summed E-state index contributed by atoms with van der Waals surface area (Å²) in [6, 6.07) is 1.45. The number of aliphatic carboxylic acids is 1. The molecule has 2 amide bonds. The van der Waals surface area contributed by atoms with Crippen molar-refractivity contribution >= 4 is 17.8 Å². The van der Waals surface area contributed by atoms with Gasteiger partial charge in [-0.3, -0.25) is 19.3 Å². The zero-order chi connectivity index (χ0) is 17.3. The first-order valence-electron chi connectivity index (χ1n) is 7.04. The lowest BCUT2D eigenvalue weighted by molar-refractivity contribution is -0.146. The number of benzene rings is 1. The molecule has 2 atom stereocenters. The van der Waals surface area contributed by atoms with Crippen molar-refractivity contribution in [2.24, 2.45) is 5.92 Å². The summed E-state index contributed by atoms with van der Waals surface area (Å²) in [4.78, 5) is 36.0. The first kappa shape index (κ1) is 17.0. The van der Waals surface area contributed by atoms with Crippen molar-refractivity contribution in [3.63, 3.8) is 0 Å². The maximum absolute atomic E-state index is 13.7. The minimum Gasteiger partial charge on any atom is -0.481 e. The number of carbonyl (C=O) groups is 3. The Morgan fingerprint density at radius 3 is 2.04 bits per heavy atom. The van der Waals surface area contributed by atoms with Crippen molar-refractivity contribution in [3.8, 4) is 0 Å². The van der Waals surface area contributed by atoms with Gasteiger partial charge in [0.05, 0.1) is 17.2 Å². The summed E-state index contributed by atoms with van der Waals surface area (Å²) in [5.41, 5.74) is -1.41. The molecule has 0 bridgehead atoms. The van der Waals surface area contributed by atoms with Gasteiger partial charge >= 0.3 is 5.97 Å². The van der Waals surface area contributed by atoms with E-state index in [1.54, 1.807) is 6.92 Å². The summed E-state index contributed by atoms with van der Waals surface area (Å²) < 4.78 is 27.4. The van der Waals surface area contributed by atoms with E-state index in [9.17, 15) is 33.4 Å². The van der Waals surface area contributed by atoms with Crippen LogP contribution in [0.5, 0.6) is 0 Å². The van der Waals surface area contributed by atoms with Crippen LogP contribution in [0.15, 0.2) is 12.1 Å². The van der Waals surface area contributed by atoms with E-state index in [-0.39, 0.29) is 6.42 Å². The Balaban J connectivity index is 2.34. The normalized spacial score (nSPS) is 16.4. The second-order valence-corrected chi connectivity index (χ2v) is 5.30. The largest absolute Gasteiger partial charge is 0.481 e. The highest BCUT2D eigenvalue weighted by atomic mass is 19.1. The fraction of sp³-hybridized carbons (Fsp3) is 0.400. The van der Waals surface area contributed by atoms with Gasteiger partial charge < -0.3 is 10.2 Å². The molecular formula is C15H15F2NO5. The quantitative estimate of drug-likeness (QED) is 0.771. The average molecular weight is 327 g/mol. The molecule has 124 valence electrons. The van der Waals surface area contributed by atoms with Gasteiger partial charge in [0.25, 0.3) is 11.8 Å². The molecule has 1 aromatic carbocycles. The highest BCUT2D eigenvalue weighted by Gasteiger charge is 2.43. The zero-order valence-corrected chi connectivity index (χ0v) is 12.3. The van der Waals surface area contributed by atoms with Crippen molar-refractivity contribution in [3.05, 3.63) is 34.9 Å². The number of hydrogen-bond acceptors (Lipinski definition) is 4. The lowest BCUT2D eigenvalue weighted by Crippen LogP contribution is -2.42. The zero-order valence-electron chi connectivity index (χ0n) is 12.3. The minimum absolute atomic E-state index is 0.156. The summed E-state index contributed by atoms with van der Waals surface area (Å²) in [5.74, 6) is -7.13. The number of halogens is 2. The molecule has 8 heteroatoms. The van der Waals surface area contributed by atoms with Crippen molar-refractivity contribution in [2.45, 2.75) is 25.9 Å². The molecule has 0 spiro atoms. The molecular weight excluding hydrogens is 312 g/mol. The number of fused-ring (bicyclic) bond motifs is 1. The predicted octanol–water partition coefficient (Wildman–Crippen LogP) is 1.42. The van der Waals surface area contributed by atoms with Crippen LogP contribution >= 0.6 is 0 Å². The second kappa shape index (κ2) is 6.41. The number of carboxylic acid groups (broad SMARTS) is 1. The molecule has 0 fully saturated rings. The molecule has 0 aromatic heterocycles. The minimum atomic E-state index is -1.43. The monoisotopic (exact) mass is 327 g/mol. The Bertz CT molecular complexity index is 635. The number of carboxylic acids is 1. The molecule has 1 aliphatic heterocycles. The van der Waals surface area contributed by atoms with E-state index in [0.717, 1.165) is 12.1 Å². The van der Waals surface area contributed by atoms with Gasteiger partial charge in [-0.05, 0) is 18.6 Å². The summed E-state index contributed by atoms with van der Waals surface area (Å²) in [6.07, 6.45) is -0.629. The number of carbonyl (C=O) groups excluding carboxylic acids is 2. The third-order valence-corrected chi connectivity index (χ3v) is 3.77. The number of aliphatic hydroxyl groups is 1. The smallest absolute Gasteiger partial charge is 0.310 e. The van der Waals surface area contributed by atoms with Crippen LogP contribution in [0.4, 0.5) is 8.78 Å². The van der Waals surface area contributed by atoms with Crippen LogP contribution in [-0.4, -0.2) is 45.5 Å². The Morgan fingerprint density at radius 2 is 1.65 bits per heavy atom. The van der Waals surface area contributed by atoms with E-state index in [0.29, 0.717) is 11.3 Å². The molecule has 0 saturated heterocycles. The maximum Gasteiger partial charge on any atom is 0.310 e. The summed E-state index contributed by atoms with van der Waals surface area (Å²) in [6.45, 7) is 1.08. The van der Waals surface area contributed by atoms with Gasteiger partial charge in [-0.15, -0.1) is 0 Å². The molecule has 0 aliphatic carbocycles. The fourth-order valence-electron chi connectivity index (χ4n) is 2.56.